The summed E-state index contributed by atoms with van der Waals surface area (Å²) in [6.45, 7) is 5.10. The topological polar surface area (TPSA) is 63.0 Å². The number of amides is 1. The van der Waals surface area contributed by atoms with Crippen molar-refractivity contribution in [2.45, 2.75) is 18.8 Å². The lowest BCUT2D eigenvalue weighted by Crippen LogP contribution is -2.47. The molecule has 8 heteroatoms. The van der Waals surface area contributed by atoms with Gasteiger partial charge in [0.1, 0.15) is 5.65 Å². The van der Waals surface area contributed by atoms with Crippen molar-refractivity contribution in [2.75, 3.05) is 45.9 Å². The van der Waals surface area contributed by atoms with Crippen molar-refractivity contribution in [1.82, 2.24) is 24.2 Å². The molecule has 0 bridgehead atoms. The number of carbonyl (C=O) groups excluding carboxylic acids is 1. The number of morpholine rings is 1. The number of hydrogen-bond acceptors (Lipinski definition) is 5. The van der Waals surface area contributed by atoms with E-state index in [-0.39, 0.29) is 11.8 Å². The summed E-state index contributed by atoms with van der Waals surface area (Å²) in [7, 11) is 0. The van der Waals surface area contributed by atoms with E-state index in [9.17, 15) is 4.79 Å². The Bertz CT molecular complexity index is 1080. The van der Waals surface area contributed by atoms with Gasteiger partial charge in [0, 0.05) is 44.0 Å². The molecule has 1 atom stereocenters. The van der Waals surface area contributed by atoms with Gasteiger partial charge in [0.05, 0.1) is 42.4 Å². The van der Waals surface area contributed by atoms with Crippen LogP contribution in [0, 0.1) is 0 Å². The molecule has 0 aromatic carbocycles. The van der Waals surface area contributed by atoms with Crippen LogP contribution in [0.2, 0.25) is 5.02 Å². The quantitative estimate of drug-likeness (QED) is 0.625. The van der Waals surface area contributed by atoms with Crippen LogP contribution < -0.4 is 0 Å². The molecule has 0 radical (unpaired) electrons. The zero-order valence-corrected chi connectivity index (χ0v) is 18.2. The van der Waals surface area contributed by atoms with Gasteiger partial charge in [-0.2, -0.15) is 0 Å². The van der Waals surface area contributed by atoms with Crippen molar-refractivity contribution >= 4 is 23.2 Å². The van der Waals surface area contributed by atoms with Crippen LogP contribution in [0.1, 0.15) is 24.5 Å². The maximum atomic E-state index is 12.9. The number of carbonyl (C=O) groups is 1. The zero-order valence-electron chi connectivity index (χ0n) is 17.4. The van der Waals surface area contributed by atoms with Gasteiger partial charge >= 0.3 is 0 Å². The first kappa shape index (κ1) is 20.4. The number of aromatic nitrogens is 3. The van der Waals surface area contributed by atoms with E-state index in [1.807, 2.05) is 46.0 Å². The molecule has 7 nitrogen and oxygen atoms in total. The normalized spacial score (nSPS) is 20.3. The predicted molar refractivity (Wildman–Crippen MR) is 119 cm³/mol. The Balaban J connectivity index is 1.33. The molecule has 0 saturated carbocycles. The fourth-order valence-corrected chi connectivity index (χ4v) is 4.62. The van der Waals surface area contributed by atoms with E-state index >= 15 is 0 Å². The molecule has 1 unspecified atom stereocenters. The largest absolute Gasteiger partial charge is 0.379 e. The molecule has 1 amide bonds. The third-order valence-electron chi connectivity index (χ3n) is 6.16. The average molecular weight is 440 g/mol. The van der Waals surface area contributed by atoms with E-state index in [0.717, 1.165) is 61.7 Å². The Morgan fingerprint density at radius 1 is 1.16 bits per heavy atom. The molecule has 2 saturated heterocycles. The minimum absolute atomic E-state index is 0.208. The van der Waals surface area contributed by atoms with Crippen LogP contribution in [-0.4, -0.2) is 76.0 Å². The Morgan fingerprint density at radius 3 is 2.90 bits per heavy atom. The molecule has 5 rings (SSSR count). The van der Waals surface area contributed by atoms with E-state index in [2.05, 4.69) is 16.0 Å². The lowest BCUT2D eigenvalue weighted by Gasteiger charge is -2.35. The van der Waals surface area contributed by atoms with Crippen molar-refractivity contribution in [2.24, 2.45) is 0 Å². The summed E-state index contributed by atoms with van der Waals surface area (Å²) in [5, 5.41) is 0.657. The molecule has 0 N–H and O–H groups in total. The summed E-state index contributed by atoms with van der Waals surface area (Å²) >= 11 is 6.19. The van der Waals surface area contributed by atoms with Gasteiger partial charge in [-0.25, -0.2) is 4.98 Å². The molecule has 5 heterocycles. The van der Waals surface area contributed by atoms with Crippen LogP contribution in [0.25, 0.3) is 17.0 Å². The number of imidazole rings is 1. The standard InChI is InChI=1S/C23H26ClN5O2/c24-18-6-7-22-25-13-21(29(22)15-18)20-5-1-4-19(26-20)17-3-2-8-28(14-17)23(30)16-27-9-11-31-12-10-27/h1,4-7,13,15,17H,2-3,8-12,14,16H2. The smallest absolute Gasteiger partial charge is 0.236 e. The first-order chi connectivity index (χ1) is 15.2. The Morgan fingerprint density at radius 2 is 2.03 bits per heavy atom. The van der Waals surface area contributed by atoms with E-state index < -0.39 is 0 Å². The highest BCUT2D eigenvalue weighted by molar-refractivity contribution is 6.30. The zero-order chi connectivity index (χ0) is 21.2. The van der Waals surface area contributed by atoms with Crippen molar-refractivity contribution in [1.29, 1.82) is 0 Å². The van der Waals surface area contributed by atoms with Crippen molar-refractivity contribution in [3.05, 3.63) is 53.4 Å². The second-order valence-electron chi connectivity index (χ2n) is 8.23. The number of halogens is 1. The monoisotopic (exact) mass is 439 g/mol. The molecule has 2 aliphatic heterocycles. The highest BCUT2D eigenvalue weighted by atomic mass is 35.5. The fraction of sp³-hybridized carbons (Fsp3) is 0.435. The first-order valence-corrected chi connectivity index (χ1v) is 11.2. The number of rotatable bonds is 4. The van der Waals surface area contributed by atoms with Crippen LogP contribution >= 0.6 is 11.6 Å². The number of ether oxygens (including phenoxy) is 1. The number of pyridine rings is 2. The molecular weight excluding hydrogens is 414 g/mol. The number of likely N-dealkylation sites (tertiary alicyclic amines) is 1. The van der Waals surface area contributed by atoms with Gasteiger partial charge in [0.25, 0.3) is 0 Å². The average Bonchev–Trinajstić information content (AvgIpc) is 3.23. The SMILES string of the molecule is O=C(CN1CCOCC1)N1CCCC(c2cccc(-c3cnc4ccc(Cl)cn34)n2)C1. The second-order valence-corrected chi connectivity index (χ2v) is 8.67. The second kappa shape index (κ2) is 8.94. The molecule has 0 aliphatic carbocycles. The summed E-state index contributed by atoms with van der Waals surface area (Å²) in [6, 6.07) is 9.84. The summed E-state index contributed by atoms with van der Waals surface area (Å²) < 4.78 is 7.35. The van der Waals surface area contributed by atoms with Crippen molar-refractivity contribution in [3.63, 3.8) is 0 Å². The van der Waals surface area contributed by atoms with Crippen LogP contribution in [0.15, 0.2) is 42.7 Å². The van der Waals surface area contributed by atoms with E-state index in [1.54, 1.807) is 0 Å². The van der Waals surface area contributed by atoms with Crippen molar-refractivity contribution < 1.29 is 9.53 Å². The lowest BCUT2D eigenvalue weighted by molar-refractivity contribution is -0.134. The number of nitrogens with zero attached hydrogens (tertiary/aromatic N) is 5. The molecular formula is C23H26ClN5O2. The minimum atomic E-state index is 0.208. The van der Waals surface area contributed by atoms with E-state index in [0.29, 0.717) is 24.8 Å². The minimum Gasteiger partial charge on any atom is -0.379 e. The fourth-order valence-electron chi connectivity index (χ4n) is 4.46. The maximum absolute atomic E-state index is 12.9. The van der Waals surface area contributed by atoms with Gasteiger partial charge in [-0.1, -0.05) is 17.7 Å². The maximum Gasteiger partial charge on any atom is 0.236 e. The summed E-state index contributed by atoms with van der Waals surface area (Å²) in [4.78, 5) is 26.5. The molecule has 31 heavy (non-hydrogen) atoms. The molecule has 0 spiro atoms. The number of hydrogen-bond donors (Lipinski definition) is 0. The summed E-state index contributed by atoms with van der Waals surface area (Å²) in [5.74, 6) is 0.448. The molecule has 2 aliphatic rings. The Kier molecular flexibility index (Phi) is 5.89. The first-order valence-electron chi connectivity index (χ1n) is 10.9. The highest BCUT2D eigenvalue weighted by Gasteiger charge is 2.27. The van der Waals surface area contributed by atoms with Crippen LogP contribution in [0.5, 0.6) is 0 Å². The lowest BCUT2D eigenvalue weighted by atomic mass is 9.94. The van der Waals surface area contributed by atoms with Gasteiger partial charge in [-0.05, 0) is 37.1 Å². The third-order valence-corrected chi connectivity index (χ3v) is 6.38. The number of piperidine rings is 1. The van der Waals surface area contributed by atoms with E-state index in [4.69, 9.17) is 21.3 Å². The summed E-state index contributed by atoms with van der Waals surface area (Å²) in [5.41, 5.74) is 3.64. The van der Waals surface area contributed by atoms with Gasteiger partial charge < -0.3 is 9.64 Å². The van der Waals surface area contributed by atoms with Crippen LogP contribution in [-0.2, 0) is 9.53 Å². The Hall–Kier alpha value is -2.48. The van der Waals surface area contributed by atoms with Crippen LogP contribution in [0.3, 0.4) is 0 Å². The van der Waals surface area contributed by atoms with Gasteiger partial charge in [0.2, 0.25) is 5.91 Å². The van der Waals surface area contributed by atoms with E-state index in [1.165, 1.54) is 0 Å². The number of fused-ring (bicyclic) bond motifs is 1. The van der Waals surface area contributed by atoms with Gasteiger partial charge in [-0.3, -0.25) is 19.1 Å². The van der Waals surface area contributed by atoms with Gasteiger partial charge in [0.15, 0.2) is 0 Å². The molecule has 162 valence electrons. The van der Waals surface area contributed by atoms with Crippen molar-refractivity contribution in [3.8, 4) is 11.4 Å². The van der Waals surface area contributed by atoms with Gasteiger partial charge in [-0.15, -0.1) is 0 Å². The third kappa shape index (κ3) is 4.44. The molecule has 3 aromatic heterocycles. The van der Waals surface area contributed by atoms with Crippen LogP contribution in [0.4, 0.5) is 0 Å². The molecule has 2 fully saturated rings. The summed E-state index contributed by atoms with van der Waals surface area (Å²) in [6.07, 6.45) is 5.73. The Labute approximate surface area is 186 Å². The highest BCUT2D eigenvalue weighted by Crippen LogP contribution is 2.28. The molecule has 3 aromatic rings. The predicted octanol–water partition coefficient (Wildman–Crippen LogP) is 3.09.